The highest BCUT2D eigenvalue weighted by Gasteiger charge is 2.23. The van der Waals surface area contributed by atoms with E-state index in [9.17, 15) is 0 Å². The lowest BCUT2D eigenvalue weighted by Crippen LogP contribution is -2.19. The molecule has 1 saturated heterocycles. The number of fused-ring (bicyclic) bond motifs is 1. The van der Waals surface area contributed by atoms with Gasteiger partial charge < -0.3 is 4.74 Å². The van der Waals surface area contributed by atoms with E-state index in [1.807, 2.05) is 7.11 Å². The lowest BCUT2D eigenvalue weighted by Gasteiger charge is -2.27. The quantitative estimate of drug-likeness (QED) is 0.828. The van der Waals surface area contributed by atoms with Crippen molar-refractivity contribution in [3.8, 4) is 0 Å². The average molecular weight is 324 g/mol. The average Bonchev–Trinajstić information content (AvgIpc) is 3.14. The van der Waals surface area contributed by atoms with Crippen molar-refractivity contribution in [1.29, 1.82) is 0 Å². The molecule has 0 N–H and O–H groups in total. The minimum absolute atomic E-state index is 0.454. The second-order valence-corrected chi connectivity index (χ2v) is 7.46. The molecular weight excluding hydrogens is 296 g/mol. The summed E-state index contributed by atoms with van der Waals surface area (Å²) in [5.41, 5.74) is 3.83. The van der Waals surface area contributed by atoms with E-state index in [4.69, 9.17) is 9.72 Å². The van der Waals surface area contributed by atoms with E-state index in [1.54, 1.807) is 0 Å². The summed E-state index contributed by atoms with van der Waals surface area (Å²) in [4.78, 5) is 7.52. The van der Waals surface area contributed by atoms with E-state index in [0.29, 0.717) is 12.0 Å². The van der Waals surface area contributed by atoms with Gasteiger partial charge in [0.2, 0.25) is 0 Å². The van der Waals surface area contributed by atoms with Crippen molar-refractivity contribution in [1.82, 2.24) is 9.88 Å². The Morgan fingerprint density at radius 3 is 2.58 bits per heavy atom. The number of hydrogen-bond acceptors (Lipinski definition) is 3. The van der Waals surface area contributed by atoms with Crippen molar-refractivity contribution < 1.29 is 4.74 Å². The van der Waals surface area contributed by atoms with Crippen molar-refractivity contribution in [3.63, 3.8) is 0 Å². The maximum atomic E-state index is 5.49. The van der Waals surface area contributed by atoms with Crippen LogP contribution in [0.5, 0.6) is 0 Å². The fourth-order valence-corrected chi connectivity index (χ4v) is 4.31. The van der Waals surface area contributed by atoms with Gasteiger partial charge in [-0.2, -0.15) is 0 Å². The Morgan fingerprint density at radius 2 is 1.83 bits per heavy atom. The Morgan fingerprint density at radius 1 is 1.04 bits per heavy atom. The molecule has 1 aliphatic carbocycles. The number of rotatable bonds is 4. The number of aromatic nitrogens is 1. The first-order chi connectivity index (χ1) is 11.8. The van der Waals surface area contributed by atoms with Crippen LogP contribution in [0.3, 0.4) is 0 Å². The molecule has 1 saturated carbocycles. The molecule has 0 bridgehead atoms. The third-order valence-electron chi connectivity index (χ3n) is 5.81. The van der Waals surface area contributed by atoms with Crippen molar-refractivity contribution in [2.75, 3.05) is 20.2 Å². The van der Waals surface area contributed by atoms with Gasteiger partial charge in [0.15, 0.2) is 0 Å². The zero-order chi connectivity index (χ0) is 16.4. The number of benzene rings is 1. The largest absolute Gasteiger partial charge is 0.381 e. The van der Waals surface area contributed by atoms with E-state index >= 15 is 0 Å². The molecule has 0 unspecified atom stereocenters. The van der Waals surface area contributed by atoms with Crippen LogP contribution in [0, 0.1) is 0 Å². The highest BCUT2D eigenvalue weighted by atomic mass is 16.5. The maximum Gasteiger partial charge on any atom is 0.0705 e. The Labute approximate surface area is 145 Å². The molecule has 0 radical (unpaired) electrons. The highest BCUT2D eigenvalue weighted by molar-refractivity contribution is 5.79. The molecule has 2 aliphatic rings. The van der Waals surface area contributed by atoms with Gasteiger partial charge in [-0.05, 0) is 75.4 Å². The molecule has 0 spiro atoms. The first kappa shape index (κ1) is 16.0. The molecule has 0 amide bonds. The molecular formula is C21H28N2O. The van der Waals surface area contributed by atoms with E-state index < -0.39 is 0 Å². The van der Waals surface area contributed by atoms with Gasteiger partial charge in [0.1, 0.15) is 0 Å². The van der Waals surface area contributed by atoms with E-state index in [-0.39, 0.29) is 0 Å². The molecule has 128 valence electrons. The Balaban J connectivity index is 1.49. The summed E-state index contributed by atoms with van der Waals surface area (Å²) in [5.74, 6) is 0.602. The fourth-order valence-electron chi connectivity index (χ4n) is 4.31. The minimum Gasteiger partial charge on any atom is -0.381 e. The van der Waals surface area contributed by atoms with Crippen LogP contribution in [0.2, 0.25) is 0 Å². The topological polar surface area (TPSA) is 25.4 Å². The number of methoxy groups -OCH3 is 1. The van der Waals surface area contributed by atoms with Gasteiger partial charge in [-0.25, -0.2) is 0 Å². The van der Waals surface area contributed by atoms with E-state index in [0.717, 1.165) is 24.9 Å². The summed E-state index contributed by atoms with van der Waals surface area (Å²) in [6.45, 7) is 3.58. The molecule has 1 aromatic carbocycles. The number of pyridine rings is 1. The summed E-state index contributed by atoms with van der Waals surface area (Å²) in [7, 11) is 1.83. The van der Waals surface area contributed by atoms with Gasteiger partial charge in [-0.3, -0.25) is 9.88 Å². The summed E-state index contributed by atoms with van der Waals surface area (Å²) in [6, 6.07) is 11.3. The van der Waals surface area contributed by atoms with Gasteiger partial charge in [-0.15, -0.1) is 0 Å². The first-order valence-corrected chi connectivity index (χ1v) is 9.46. The van der Waals surface area contributed by atoms with Crippen molar-refractivity contribution in [2.45, 2.75) is 57.1 Å². The van der Waals surface area contributed by atoms with Crippen LogP contribution in [-0.4, -0.2) is 36.2 Å². The monoisotopic (exact) mass is 324 g/mol. The Hall–Kier alpha value is -1.45. The van der Waals surface area contributed by atoms with E-state index in [1.165, 1.54) is 55.4 Å². The number of likely N-dealkylation sites (tertiary alicyclic amines) is 1. The molecule has 1 aliphatic heterocycles. The van der Waals surface area contributed by atoms with Crippen LogP contribution in [-0.2, 0) is 11.3 Å². The summed E-state index contributed by atoms with van der Waals surface area (Å²) in [6.07, 6.45) is 7.88. The highest BCUT2D eigenvalue weighted by Crippen LogP contribution is 2.33. The third kappa shape index (κ3) is 3.47. The zero-order valence-corrected chi connectivity index (χ0v) is 14.7. The molecule has 2 heterocycles. The van der Waals surface area contributed by atoms with Crippen LogP contribution < -0.4 is 0 Å². The number of ether oxygens (including phenoxy) is 1. The van der Waals surface area contributed by atoms with Gasteiger partial charge in [0, 0.05) is 30.7 Å². The zero-order valence-electron chi connectivity index (χ0n) is 14.7. The van der Waals surface area contributed by atoms with Crippen LogP contribution in [0.25, 0.3) is 10.9 Å². The summed E-state index contributed by atoms with van der Waals surface area (Å²) < 4.78 is 5.49. The maximum absolute atomic E-state index is 5.49. The molecule has 1 aromatic heterocycles. The smallest absolute Gasteiger partial charge is 0.0705 e. The fraction of sp³-hybridized carbons (Fsp3) is 0.571. The van der Waals surface area contributed by atoms with Crippen molar-refractivity contribution in [2.24, 2.45) is 0 Å². The van der Waals surface area contributed by atoms with Crippen LogP contribution in [0.15, 0.2) is 30.3 Å². The molecule has 2 fully saturated rings. The van der Waals surface area contributed by atoms with Gasteiger partial charge >= 0.3 is 0 Å². The molecule has 4 rings (SSSR count). The predicted octanol–water partition coefficient (Wildman–Crippen LogP) is 4.50. The molecule has 3 heteroatoms. The van der Waals surface area contributed by atoms with Crippen molar-refractivity contribution >= 4 is 10.9 Å². The lowest BCUT2D eigenvalue weighted by atomic mass is 9.85. The molecule has 24 heavy (non-hydrogen) atoms. The number of hydrogen-bond donors (Lipinski definition) is 0. The minimum atomic E-state index is 0.454. The standard InChI is InChI=1S/C21H28N2O/c1-24-19-8-5-17(6-9-19)20-11-7-18-14-16(4-10-21(18)22-20)15-23-12-2-3-13-23/h4,7,10-11,14,17,19H,2-3,5-6,8-9,12-13,15H2,1H3. The van der Waals surface area contributed by atoms with Crippen LogP contribution >= 0.6 is 0 Å². The van der Waals surface area contributed by atoms with Crippen molar-refractivity contribution in [3.05, 3.63) is 41.6 Å². The Bertz CT molecular complexity index is 685. The molecule has 3 nitrogen and oxygen atoms in total. The van der Waals surface area contributed by atoms with Gasteiger partial charge in [0.25, 0.3) is 0 Å². The predicted molar refractivity (Wildman–Crippen MR) is 98.3 cm³/mol. The normalized spacial score (nSPS) is 25.4. The number of nitrogens with zero attached hydrogens (tertiary/aromatic N) is 2. The third-order valence-corrected chi connectivity index (χ3v) is 5.81. The SMILES string of the molecule is COC1CCC(c2ccc3cc(CN4CCCC4)ccc3n2)CC1. The van der Waals surface area contributed by atoms with E-state index in [2.05, 4.69) is 35.2 Å². The van der Waals surface area contributed by atoms with Crippen LogP contribution in [0.1, 0.15) is 55.7 Å². The first-order valence-electron chi connectivity index (χ1n) is 9.46. The Kier molecular flexibility index (Phi) is 4.81. The summed E-state index contributed by atoms with van der Waals surface area (Å²) in [5, 5.41) is 1.28. The second-order valence-electron chi connectivity index (χ2n) is 7.46. The molecule has 0 atom stereocenters. The van der Waals surface area contributed by atoms with Gasteiger partial charge in [-0.1, -0.05) is 12.1 Å². The lowest BCUT2D eigenvalue weighted by molar-refractivity contribution is 0.0655. The van der Waals surface area contributed by atoms with Crippen LogP contribution in [0.4, 0.5) is 0 Å². The molecule has 2 aromatic rings. The second kappa shape index (κ2) is 7.20. The summed E-state index contributed by atoms with van der Waals surface area (Å²) >= 11 is 0. The van der Waals surface area contributed by atoms with Gasteiger partial charge in [0.05, 0.1) is 11.6 Å².